The number of thiophene rings is 1. The summed E-state index contributed by atoms with van der Waals surface area (Å²) in [5.74, 6) is 1.33. The van der Waals surface area contributed by atoms with Crippen molar-refractivity contribution in [1.29, 1.82) is 0 Å². The van der Waals surface area contributed by atoms with Crippen molar-refractivity contribution in [3.8, 4) is 5.75 Å². The molecule has 0 saturated heterocycles. The van der Waals surface area contributed by atoms with Gasteiger partial charge in [-0.1, -0.05) is 6.07 Å². The predicted octanol–water partition coefficient (Wildman–Crippen LogP) is 4.08. The number of ether oxygens (including phenoxy) is 1. The van der Waals surface area contributed by atoms with Crippen molar-refractivity contribution in [2.75, 3.05) is 12.3 Å². The number of aryl methyl sites for hydroxylation is 2. The van der Waals surface area contributed by atoms with E-state index in [4.69, 9.17) is 10.5 Å². The van der Waals surface area contributed by atoms with Gasteiger partial charge in [-0.2, -0.15) is 0 Å². The van der Waals surface area contributed by atoms with E-state index in [0.29, 0.717) is 12.6 Å². The van der Waals surface area contributed by atoms with Gasteiger partial charge in [0.2, 0.25) is 5.95 Å². The zero-order valence-electron chi connectivity index (χ0n) is 11.7. The molecule has 0 spiro atoms. The zero-order chi connectivity index (χ0) is 14.8. The maximum Gasteiger partial charge on any atom is 0.201 e. The van der Waals surface area contributed by atoms with Crippen LogP contribution < -0.4 is 10.5 Å². The minimum atomic E-state index is 0.535. The van der Waals surface area contributed by atoms with Gasteiger partial charge in [0.05, 0.1) is 15.9 Å². The molecule has 0 aliphatic heterocycles. The smallest absolute Gasteiger partial charge is 0.201 e. The second-order valence-electron chi connectivity index (χ2n) is 4.63. The number of aromatic nitrogens is 2. The highest BCUT2D eigenvalue weighted by atomic mass is 79.9. The third-order valence-electron chi connectivity index (χ3n) is 3.28. The van der Waals surface area contributed by atoms with Gasteiger partial charge in [0.1, 0.15) is 11.3 Å². The number of rotatable bonds is 5. The summed E-state index contributed by atoms with van der Waals surface area (Å²) in [5.41, 5.74) is 7.94. The number of fused-ring (bicyclic) bond motifs is 1. The lowest BCUT2D eigenvalue weighted by molar-refractivity contribution is 0.343. The van der Waals surface area contributed by atoms with Crippen molar-refractivity contribution in [1.82, 2.24) is 9.55 Å². The maximum atomic E-state index is 6.08. The van der Waals surface area contributed by atoms with Crippen LogP contribution in [-0.4, -0.2) is 16.2 Å². The van der Waals surface area contributed by atoms with E-state index in [9.17, 15) is 0 Å². The molecular weight excluding hydrogens is 350 g/mol. The fourth-order valence-corrected chi connectivity index (χ4v) is 3.83. The number of hydrogen-bond donors (Lipinski definition) is 1. The fourth-order valence-electron chi connectivity index (χ4n) is 2.35. The van der Waals surface area contributed by atoms with Gasteiger partial charge in [0.25, 0.3) is 0 Å². The molecule has 4 nitrogen and oxygen atoms in total. The Morgan fingerprint density at radius 3 is 2.90 bits per heavy atom. The van der Waals surface area contributed by atoms with Gasteiger partial charge < -0.3 is 15.0 Å². The summed E-state index contributed by atoms with van der Waals surface area (Å²) in [6.07, 6.45) is 0.935. The SMILES string of the molecule is CCOc1cccc2c1nc(N)n2CCc1ccc(Br)s1. The molecule has 3 aromatic rings. The Morgan fingerprint density at radius 2 is 2.19 bits per heavy atom. The first-order chi connectivity index (χ1) is 10.2. The van der Waals surface area contributed by atoms with Crippen LogP contribution >= 0.6 is 27.3 Å². The summed E-state index contributed by atoms with van der Waals surface area (Å²) in [5, 5.41) is 0. The molecule has 21 heavy (non-hydrogen) atoms. The third-order valence-corrected chi connectivity index (χ3v) is 4.97. The molecule has 0 atom stereocenters. The number of benzene rings is 1. The Bertz CT molecular complexity index is 765. The molecule has 6 heteroatoms. The van der Waals surface area contributed by atoms with Crippen molar-refractivity contribution < 1.29 is 4.74 Å². The number of nitrogens with zero attached hydrogens (tertiary/aromatic N) is 2. The minimum Gasteiger partial charge on any atom is -0.492 e. The van der Waals surface area contributed by atoms with Crippen LogP contribution in [0.15, 0.2) is 34.1 Å². The highest BCUT2D eigenvalue weighted by Gasteiger charge is 2.12. The summed E-state index contributed by atoms with van der Waals surface area (Å²) in [6, 6.07) is 10.1. The highest BCUT2D eigenvalue weighted by molar-refractivity contribution is 9.11. The van der Waals surface area contributed by atoms with Crippen LogP contribution in [0.25, 0.3) is 11.0 Å². The van der Waals surface area contributed by atoms with Crippen molar-refractivity contribution in [2.24, 2.45) is 0 Å². The molecule has 0 saturated carbocycles. The summed E-state index contributed by atoms with van der Waals surface area (Å²) < 4.78 is 8.82. The lowest BCUT2D eigenvalue weighted by atomic mass is 10.3. The molecule has 0 aliphatic carbocycles. The van der Waals surface area contributed by atoms with Crippen molar-refractivity contribution in [3.05, 3.63) is 39.0 Å². The number of nitrogen functional groups attached to an aromatic ring is 1. The van der Waals surface area contributed by atoms with Crippen molar-refractivity contribution >= 4 is 44.2 Å². The zero-order valence-corrected chi connectivity index (χ0v) is 14.1. The molecule has 110 valence electrons. The highest BCUT2D eigenvalue weighted by Crippen LogP contribution is 2.28. The van der Waals surface area contributed by atoms with Gasteiger partial charge in [0, 0.05) is 11.4 Å². The van der Waals surface area contributed by atoms with E-state index in [-0.39, 0.29) is 0 Å². The first-order valence-corrected chi connectivity index (χ1v) is 8.41. The van der Waals surface area contributed by atoms with Gasteiger partial charge in [-0.05, 0) is 53.5 Å². The summed E-state index contributed by atoms with van der Waals surface area (Å²) >= 11 is 5.24. The molecule has 2 heterocycles. The molecule has 0 fully saturated rings. The van der Waals surface area contributed by atoms with Crippen molar-refractivity contribution in [3.63, 3.8) is 0 Å². The van der Waals surface area contributed by atoms with Crippen molar-refractivity contribution in [2.45, 2.75) is 19.9 Å². The normalized spacial score (nSPS) is 11.1. The van der Waals surface area contributed by atoms with Crippen LogP contribution in [0, 0.1) is 0 Å². The van der Waals surface area contributed by atoms with Gasteiger partial charge in [-0.3, -0.25) is 0 Å². The largest absolute Gasteiger partial charge is 0.492 e. The third kappa shape index (κ3) is 2.91. The number of anilines is 1. The first-order valence-electron chi connectivity index (χ1n) is 6.80. The standard InChI is InChI=1S/C15H16BrN3OS/c1-2-20-12-5-3-4-11-14(12)18-15(17)19(11)9-8-10-6-7-13(16)21-10/h3-7H,2,8-9H2,1H3,(H2,17,18). The average molecular weight is 366 g/mol. The topological polar surface area (TPSA) is 53.1 Å². The monoisotopic (exact) mass is 365 g/mol. The first kappa shape index (κ1) is 14.4. The molecule has 0 amide bonds. The van der Waals surface area contributed by atoms with Crippen LogP contribution in [0.1, 0.15) is 11.8 Å². The number of halogens is 1. The summed E-state index contributed by atoms with van der Waals surface area (Å²) in [4.78, 5) is 5.78. The average Bonchev–Trinajstić information content (AvgIpc) is 3.01. The number of para-hydroxylation sites is 1. The van der Waals surface area contributed by atoms with E-state index in [0.717, 1.165) is 33.5 Å². The molecule has 0 radical (unpaired) electrons. The molecule has 2 N–H and O–H groups in total. The van der Waals surface area contributed by atoms with E-state index in [1.54, 1.807) is 11.3 Å². The Labute approximate surface area is 135 Å². The van der Waals surface area contributed by atoms with E-state index >= 15 is 0 Å². The Kier molecular flexibility index (Phi) is 4.17. The van der Waals surface area contributed by atoms with Gasteiger partial charge >= 0.3 is 0 Å². The fraction of sp³-hybridized carbons (Fsp3) is 0.267. The molecular formula is C15H16BrN3OS. The molecule has 0 unspecified atom stereocenters. The predicted molar refractivity (Wildman–Crippen MR) is 91.0 cm³/mol. The number of imidazole rings is 1. The van der Waals surface area contributed by atoms with E-state index in [1.165, 1.54) is 4.88 Å². The summed E-state index contributed by atoms with van der Waals surface area (Å²) in [7, 11) is 0. The van der Waals surface area contributed by atoms with Crippen LogP contribution in [0.5, 0.6) is 5.75 Å². The van der Waals surface area contributed by atoms with Gasteiger partial charge in [-0.15, -0.1) is 11.3 Å². The quantitative estimate of drug-likeness (QED) is 0.740. The van der Waals surface area contributed by atoms with Gasteiger partial charge in [0.15, 0.2) is 0 Å². The van der Waals surface area contributed by atoms with E-state index in [2.05, 4.69) is 33.0 Å². The molecule has 1 aromatic carbocycles. The Morgan fingerprint density at radius 1 is 1.33 bits per heavy atom. The maximum absolute atomic E-state index is 6.08. The van der Waals surface area contributed by atoms with Crippen LogP contribution in [0.2, 0.25) is 0 Å². The molecule has 3 rings (SSSR count). The molecule has 0 aliphatic rings. The lowest BCUT2D eigenvalue weighted by Gasteiger charge is -2.06. The molecule has 0 bridgehead atoms. The second kappa shape index (κ2) is 6.07. The number of hydrogen-bond acceptors (Lipinski definition) is 4. The Hall–Kier alpha value is -1.53. The van der Waals surface area contributed by atoms with Crippen LogP contribution in [0.3, 0.4) is 0 Å². The van der Waals surface area contributed by atoms with E-state index in [1.807, 2.05) is 29.7 Å². The van der Waals surface area contributed by atoms with Gasteiger partial charge in [-0.25, -0.2) is 4.98 Å². The lowest BCUT2D eigenvalue weighted by Crippen LogP contribution is -2.05. The molecule has 2 aromatic heterocycles. The second-order valence-corrected chi connectivity index (χ2v) is 7.18. The number of nitrogens with two attached hydrogens (primary N) is 1. The van der Waals surface area contributed by atoms with Crippen LogP contribution in [-0.2, 0) is 13.0 Å². The van der Waals surface area contributed by atoms with E-state index < -0.39 is 0 Å². The Balaban J connectivity index is 1.91. The minimum absolute atomic E-state index is 0.535. The summed E-state index contributed by atoms with van der Waals surface area (Å²) in [6.45, 7) is 3.40. The van der Waals surface area contributed by atoms with Crippen LogP contribution in [0.4, 0.5) is 5.95 Å².